The summed E-state index contributed by atoms with van der Waals surface area (Å²) in [4.78, 5) is 13.9. The van der Waals surface area contributed by atoms with Crippen molar-refractivity contribution in [1.29, 1.82) is 0 Å². The molecule has 2 heterocycles. The van der Waals surface area contributed by atoms with Crippen molar-refractivity contribution in [3.05, 3.63) is 29.3 Å². The molecule has 0 bridgehead atoms. The fourth-order valence-corrected chi connectivity index (χ4v) is 2.78. The highest BCUT2D eigenvalue weighted by molar-refractivity contribution is 6.03. The van der Waals surface area contributed by atoms with Gasteiger partial charge in [0.2, 0.25) is 0 Å². The minimum atomic E-state index is -4.53. The lowest BCUT2D eigenvalue weighted by Gasteiger charge is -2.45. The number of hydrogen-bond acceptors (Lipinski definition) is 3. The van der Waals surface area contributed by atoms with Crippen LogP contribution in [0.1, 0.15) is 22.8 Å². The summed E-state index contributed by atoms with van der Waals surface area (Å²) in [7, 11) is 0. The van der Waals surface area contributed by atoms with Gasteiger partial charge in [-0.25, -0.2) is 0 Å². The van der Waals surface area contributed by atoms with Gasteiger partial charge in [0.15, 0.2) is 0 Å². The van der Waals surface area contributed by atoms with Crippen LogP contribution in [0.25, 0.3) is 0 Å². The summed E-state index contributed by atoms with van der Waals surface area (Å²) in [6, 6.07) is 4.03. The van der Waals surface area contributed by atoms with Crippen LogP contribution in [0.2, 0.25) is 0 Å². The SMILES string of the molecule is C[C@H]1CN2c3cccc(C(F)(F)F)c3C(=O)N[C@H]2CN1. The number of benzene rings is 1. The first-order valence-electron chi connectivity index (χ1n) is 6.39. The van der Waals surface area contributed by atoms with E-state index in [0.29, 0.717) is 18.8 Å². The molecule has 2 aliphatic rings. The van der Waals surface area contributed by atoms with Gasteiger partial charge in [0, 0.05) is 19.1 Å². The molecule has 0 aromatic heterocycles. The number of halogens is 3. The second-order valence-electron chi connectivity index (χ2n) is 5.15. The number of alkyl halides is 3. The van der Waals surface area contributed by atoms with Crippen LogP contribution in [0.15, 0.2) is 18.2 Å². The lowest BCUT2D eigenvalue weighted by atomic mass is 9.98. The van der Waals surface area contributed by atoms with E-state index in [4.69, 9.17) is 0 Å². The van der Waals surface area contributed by atoms with Gasteiger partial charge in [-0.1, -0.05) is 6.07 Å². The van der Waals surface area contributed by atoms with E-state index in [-0.39, 0.29) is 17.8 Å². The molecule has 1 aromatic rings. The average Bonchev–Trinajstić information content (AvgIpc) is 2.38. The second kappa shape index (κ2) is 4.37. The quantitative estimate of drug-likeness (QED) is 0.760. The molecule has 2 atom stereocenters. The van der Waals surface area contributed by atoms with Crippen molar-refractivity contribution < 1.29 is 18.0 Å². The molecule has 3 rings (SSSR count). The first-order chi connectivity index (χ1) is 9.38. The molecule has 108 valence electrons. The van der Waals surface area contributed by atoms with Crippen LogP contribution in [0.4, 0.5) is 18.9 Å². The Kier molecular flexibility index (Phi) is 2.89. The van der Waals surface area contributed by atoms with E-state index in [9.17, 15) is 18.0 Å². The van der Waals surface area contributed by atoms with Gasteiger partial charge in [-0.3, -0.25) is 4.79 Å². The zero-order valence-electron chi connectivity index (χ0n) is 10.8. The number of anilines is 1. The summed E-state index contributed by atoms with van der Waals surface area (Å²) in [5.41, 5.74) is -0.788. The average molecular weight is 285 g/mol. The highest BCUT2D eigenvalue weighted by Gasteiger charge is 2.41. The lowest BCUT2D eigenvalue weighted by molar-refractivity contribution is -0.137. The number of amides is 1. The summed E-state index contributed by atoms with van der Waals surface area (Å²) in [6.07, 6.45) is -4.83. The van der Waals surface area contributed by atoms with E-state index in [1.54, 1.807) is 6.07 Å². The minimum absolute atomic E-state index is 0.156. The van der Waals surface area contributed by atoms with Crippen LogP contribution in [-0.2, 0) is 6.18 Å². The molecule has 1 amide bonds. The summed E-state index contributed by atoms with van der Waals surface area (Å²) in [5.74, 6) is -0.662. The predicted octanol–water partition coefficient (Wildman–Crippen LogP) is 1.57. The maximum absolute atomic E-state index is 13.0. The third-order valence-corrected chi connectivity index (χ3v) is 3.69. The van der Waals surface area contributed by atoms with Crippen LogP contribution in [0.5, 0.6) is 0 Å². The van der Waals surface area contributed by atoms with E-state index in [1.165, 1.54) is 6.07 Å². The van der Waals surface area contributed by atoms with Gasteiger partial charge in [-0.15, -0.1) is 0 Å². The topological polar surface area (TPSA) is 44.4 Å². The largest absolute Gasteiger partial charge is 0.417 e. The van der Waals surface area contributed by atoms with Gasteiger partial charge in [-0.05, 0) is 19.1 Å². The number of rotatable bonds is 0. The summed E-state index contributed by atoms with van der Waals surface area (Å²) in [6.45, 7) is 3.03. The zero-order chi connectivity index (χ0) is 14.5. The Balaban J connectivity index is 2.12. The van der Waals surface area contributed by atoms with E-state index in [1.807, 2.05) is 11.8 Å². The third-order valence-electron chi connectivity index (χ3n) is 3.69. The molecule has 0 aliphatic carbocycles. The molecule has 20 heavy (non-hydrogen) atoms. The molecule has 2 aliphatic heterocycles. The highest BCUT2D eigenvalue weighted by atomic mass is 19.4. The van der Waals surface area contributed by atoms with Crippen molar-refractivity contribution >= 4 is 11.6 Å². The van der Waals surface area contributed by atoms with Crippen LogP contribution < -0.4 is 15.5 Å². The highest BCUT2D eigenvalue weighted by Crippen LogP contribution is 2.38. The number of carbonyl (C=O) groups is 1. The summed E-state index contributed by atoms with van der Waals surface area (Å²) in [5, 5.41) is 5.83. The normalized spacial score (nSPS) is 25.8. The molecule has 1 aromatic carbocycles. The maximum atomic E-state index is 13.0. The Bertz CT molecular complexity index is 558. The fourth-order valence-electron chi connectivity index (χ4n) is 2.78. The minimum Gasteiger partial charge on any atom is -0.348 e. The van der Waals surface area contributed by atoms with Crippen molar-refractivity contribution in [2.45, 2.75) is 25.3 Å². The lowest BCUT2D eigenvalue weighted by Crippen LogP contribution is -2.64. The van der Waals surface area contributed by atoms with Crippen LogP contribution >= 0.6 is 0 Å². The van der Waals surface area contributed by atoms with Crippen molar-refractivity contribution in [3.63, 3.8) is 0 Å². The summed E-state index contributed by atoms with van der Waals surface area (Å²) >= 11 is 0. The van der Waals surface area contributed by atoms with Crippen molar-refractivity contribution in [3.8, 4) is 0 Å². The smallest absolute Gasteiger partial charge is 0.348 e. The Labute approximate surface area is 113 Å². The summed E-state index contributed by atoms with van der Waals surface area (Å²) < 4.78 is 39.1. The van der Waals surface area contributed by atoms with Crippen molar-refractivity contribution in [2.75, 3.05) is 18.0 Å². The molecular formula is C13H14F3N3O. The number of fused-ring (bicyclic) bond motifs is 3. The number of carbonyl (C=O) groups excluding carboxylic acids is 1. The molecule has 0 spiro atoms. The standard InChI is InChI=1S/C13H14F3N3O/c1-7-6-19-9-4-2-3-8(13(14,15)16)11(9)12(20)18-10(19)5-17-7/h2-4,7,10,17H,5-6H2,1H3,(H,18,20)/t7-,10+/m0/s1. The zero-order valence-corrected chi connectivity index (χ0v) is 10.8. The predicted molar refractivity (Wildman–Crippen MR) is 67.5 cm³/mol. The van der Waals surface area contributed by atoms with Crippen LogP contribution in [0.3, 0.4) is 0 Å². The van der Waals surface area contributed by atoms with Gasteiger partial charge in [0.25, 0.3) is 5.91 Å². The van der Waals surface area contributed by atoms with Crippen LogP contribution in [-0.4, -0.2) is 31.2 Å². The van der Waals surface area contributed by atoms with E-state index in [2.05, 4.69) is 10.6 Å². The molecule has 1 saturated heterocycles. The molecule has 4 nitrogen and oxygen atoms in total. The van der Waals surface area contributed by atoms with Gasteiger partial charge in [0.1, 0.15) is 6.17 Å². The second-order valence-corrected chi connectivity index (χ2v) is 5.15. The van der Waals surface area contributed by atoms with E-state index < -0.39 is 17.6 Å². The number of hydrogen-bond donors (Lipinski definition) is 2. The molecule has 1 fully saturated rings. The first kappa shape index (κ1) is 13.2. The number of nitrogens with one attached hydrogen (secondary N) is 2. The molecule has 0 unspecified atom stereocenters. The van der Waals surface area contributed by atoms with Crippen molar-refractivity contribution in [1.82, 2.24) is 10.6 Å². The molecule has 0 radical (unpaired) electrons. The molecule has 7 heteroatoms. The molecule has 2 N–H and O–H groups in total. The monoisotopic (exact) mass is 285 g/mol. The third kappa shape index (κ3) is 2.02. The Morgan fingerprint density at radius 3 is 2.80 bits per heavy atom. The van der Waals surface area contributed by atoms with E-state index >= 15 is 0 Å². The van der Waals surface area contributed by atoms with Gasteiger partial charge < -0.3 is 15.5 Å². The first-order valence-corrected chi connectivity index (χ1v) is 6.39. The van der Waals surface area contributed by atoms with Gasteiger partial charge in [0.05, 0.1) is 16.8 Å². The van der Waals surface area contributed by atoms with Gasteiger partial charge in [-0.2, -0.15) is 13.2 Å². The van der Waals surface area contributed by atoms with Gasteiger partial charge >= 0.3 is 6.18 Å². The van der Waals surface area contributed by atoms with Crippen molar-refractivity contribution in [2.24, 2.45) is 0 Å². The molecular weight excluding hydrogens is 271 g/mol. The maximum Gasteiger partial charge on any atom is 0.417 e. The fraction of sp³-hybridized carbons (Fsp3) is 0.462. The van der Waals surface area contributed by atoms with E-state index in [0.717, 1.165) is 6.07 Å². The Morgan fingerprint density at radius 2 is 2.10 bits per heavy atom. The number of nitrogens with zero attached hydrogens (tertiary/aromatic N) is 1. The number of piperazine rings is 1. The molecule has 0 saturated carbocycles. The Morgan fingerprint density at radius 1 is 1.35 bits per heavy atom. The van der Waals surface area contributed by atoms with Crippen LogP contribution in [0, 0.1) is 0 Å². The Hall–Kier alpha value is -1.76.